The van der Waals surface area contributed by atoms with E-state index in [4.69, 9.17) is 27.9 Å². The van der Waals surface area contributed by atoms with E-state index in [1.54, 1.807) is 19.4 Å². The van der Waals surface area contributed by atoms with Gasteiger partial charge in [0.25, 0.3) is 5.91 Å². The first kappa shape index (κ1) is 20.9. The van der Waals surface area contributed by atoms with Crippen LogP contribution in [0.4, 0.5) is 0 Å². The summed E-state index contributed by atoms with van der Waals surface area (Å²) in [5.41, 5.74) is 2.54. The average molecular weight is 444 g/mol. The minimum Gasteiger partial charge on any atom is -0.497 e. The van der Waals surface area contributed by atoms with Gasteiger partial charge < -0.3 is 10.1 Å². The van der Waals surface area contributed by atoms with E-state index in [1.165, 1.54) is 0 Å². The normalized spacial score (nSPS) is 15.3. The van der Waals surface area contributed by atoms with Crippen molar-refractivity contribution >= 4 is 40.0 Å². The molecule has 1 N–H and O–H groups in total. The van der Waals surface area contributed by atoms with Gasteiger partial charge in [0.15, 0.2) is 0 Å². The highest BCUT2D eigenvalue weighted by atomic mass is 35.5. The smallest absolute Gasteiger partial charge is 0.252 e. The van der Waals surface area contributed by atoms with Crippen LogP contribution >= 0.6 is 23.2 Å². The molecule has 1 aromatic heterocycles. The fourth-order valence-electron chi connectivity index (χ4n) is 3.85. The largest absolute Gasteiger partial charge is 0.497 e. The van der Waals surface area contributed by atoms with Crippen molar-refractivity contribution in [3.8, 4) is 5.75 Å². The summed E-state index contributed by atoms with van der Waals surface area (Å²) in [4.78, 5) is 19.7. The fraction of sp³-hybridized carbons (Fsp3) is 0.304. The zero-order valence-electron chi connectivity index (χ0n) is 16.7. The topological polar surface area (TPSA) is 54.5 Å². The maximum atomic E-state index is 12.9. The molecule has 2 aromatic carbocycles. The summed E-state index contributed by atoms with van der Waals surface area (Å²) in [5.74, 6) is 0.638. The van der Waals surface area contributed by atoms with Crippen LogP contribution in [0.15, 0.2) is 48.7 Å². The van der Waals surface area contributed by atoms with Gasteiger partial charge >= 0.3 is 0 Å². The maximum Gasteiger partial charge on any atom is 0.252 e. The number of nitrogens with one attached hydrogen (secondary N) is 1. The number of pyridine rings is 1. The first-order valence-electron chi connectivity index (χ1n) is 9.93. The lowest BCUT2D eigenvalue weighted by molar-refractivity contribution is 0.0910. The number of piperidine rings is 1. The van der Waals surface area contributed by atoms with E-state index in [0.29, 0.717) is 21.4 Å². The summed E-state index contributed by atoms with van der Waals surface area (Å²) in [6, 6.07) is 13.2. The summed E-state index contributed by atoms with van der Waals surface area (Å²) in [5, 5.41) is 5.14. The second-order valence-corrected chi connectivity index (χ2v) is 8.33. The van der Waals surface area contributed by atoms with Crippen LogP contribution in [-0.4, -0.2) is 42.0 Å². The molecule has 1 aliphatic heterocycles. The van der Waals surface area contributed by atoms with Gasteiger partial charge in [-0.15, -0.1) is 0 Å². The van der Waals surface area contributed by atoms with Gasteiger partial charge in [0.1, 0.15) is 5.75 Å². The van der Waals surface area contributed by atoms with Gasteiger partial charge in [-0.2, -0.15) is 0 Å². The molecule has 0 bridgehead atoms. The molecule has 1 amide bonds. The highest BCUT2D eigenvalue weighted by Crippen LogP contribution is 2.25. The summed E-state index contributed by atoms with van der Waals surface area (Å²) in [6.45, 7) is 2.65. The fourth-order valence-corrected chi connectivity index (χ4v) is 4.17. The van der Waals surface area contributed by atoms with Gasteiger partial charge in [0, 0.05) is 37.3 Å². The number of amides is 1. The van der Waals surface area contributed by atoms with Crippen molar-refractivity contribution in [1.29, 1.82) is 0 Å². The van der Waals surface area contributed by atoms with E-state index < -0.39 is 0 Å². The van der Waals surface area contributed by atoms with Gasteiger partial charge in [0.05, 0.1) is 28.2 Å². The van der Waals surface area contributed by atoms with E-state index in [2.05, 4.69) is 15.2 Å². The van der Waals surface area contributed by atoms with Crippen LogP contribution in [0.1, 0.15) is 28.8 Å². The van der Waals surface area contributed by atoms with Crippen LogP contribution in [0.25, 0.3) is 10.9 Å². The van der Waals surface area contributed by atoms with Crippen LogP contribution in [-0.2, 0) is 6.54 Å². The van der Waals surface area contributed by atoms with Gasteiger partial charge in [-0.3, -0.25) is 14.7 Å². The lowest BCUT2D eigenvalue weighted by Crippen LogP contribution is -2.44. The number of aromatic nitrogens is 1. The summed E-state index contributed by atoms with van der Waals surface area (Å²) < 4.78 is 5.30. The Kier molecular flexibility index (Phi) is 6.42. The highest BCUT2D eigenvalue weighted by molar-refractivity contribution is 6.42. The molecule has 0 aliphatic carbocycles. The Morgan fingerprint density at radius 1 is 1.13 bits per heavy atom. The summed E-state index contributed by atoms with van der Waals surface area (Å²) in [6.07, 6.45) is 3.47. The predicted octanol–water partition coefficient (Wildman–Crippen LogP) is 4.94. The van der Waals surface area contributed by atoms with Crippen LogP contribution in [0.2, 0.25) is 10.0 Å². The third kappa shape index (κ3) is 4.69. The van der Waals surface area contributed by atoms with Crippen LogP contribution in [0.3, 0.4) is 0 Å². The number of carbonyl (C=O) groups excluding carboxylic acids is 1. The van der Waals surface area contributed by atoms with Gasteiger partial charge in [-0.1, -0.05) is 29.3 Å². The van der Waals surface area contributed by atoms with Crippen molar-refractivity contribution in [1.82, 2.24) is 15.2 Å². The lowest BCUT2D eigenvalue weighted by Gasteiger charge is -2.32. The number of halogens is 2. The molecule has 1 fully saturated rings. The number of nitrogens with zero attached hydrogens (tertiary/aromatic N) is 2. The molecule has 30 heavy (non-hydrogen) atoms. The van der Waals surface area contributed by atoms with Crippen LogP contribution in [0.5, 0.6) is 5.75 Å². The standard InChI is InChI=1S/C23H23Cl2N3O2/c1-30-17-3-5-22-19(13-17)18(6-9-26-22)23(29)27-16-7-10-28(11-8-16)14-15-2-4-20(24)21(25)12-15/h2-6,9,12-13,16H,7-8,10-11,14H2,1H3,(H,27,29). The number of benzene rings is 2. The SMILES string of the molecule is COc1ccc2nccc(C(=O)NC3CCN(Cc4ccc(Cl)c(Cl)c4)CC3)c2c1. The molecule has 1 aliphatic rings. The van der Waals surface area contributed by atoms with Crippen molar-refractivity contribution in [2.24, 2.45) is 0 Å². The van der Waals surface area contributed by atoms with Gasteiger partial charge in [0.2, 0.25) is 0 Å². The van der Waals surface area contributed by atoms with E-state index in [9.17, 15) is 4.79 Å². The van der Waals surface area contributed by atoms with Crippen LogP contribution in [0, 0.1) is 0 Å². The first-order valence-corrected chi connectivity index (χ1v) is 10.7. The third-order valence-electron chi connectivity index (χ3n) is 5.51. The molecule has 3 aromatic rings. The molecule has 0 saturated carbocycles. The number of carbonyl (C=O) groups is 1. The Morgan fingerprint density at radius 2 is 1.93 bits per heavy atom. The maximum absolute atomic E-state index is 12.9. The number of hydrogen-bond acceptors (Lipinski definition) is 4. The zero-order chi connectivity index (χ0) is 21.1. The van der Waals surface area contributed by atoms with Crippen molar-refractivity contribution in [2.75, 3.05) is 20.2 Å². The highest BCUT2D eigenvalue weighted by Gasteiger charge is 2.22. The van der Waals surface area contributed by atoms with Crippen LogP contribution < -0.4 is 10.1 Å². The molecular weight excluding hydrogens is 421 g/mol. The molecule has 0 atom stereocenters. The average Bonchev–Trinajstić information content (AvgIpc) is 2.76. The summed E-state index contributed by atoms with van der Waals surface area (Å²) in [7, 11) is 1.61. The lowest BCUT2D eigenvalue weighted by atomic mass is 10.0. The van der Waals surface area contributed by atoms with E-state index in [1.807, 2.05) is 36.4 Å². The zero-order valence-corrected chi connectivity index (χ0v) is 18.2. The van der Waals surface area contributed by atoms with E-state index in [-0.39, 0.29) is 11.9 Å². The molecule has 1 saturated heterocycles. The van der Waals surface area contributed by atoms with Gasteiger partial charge in [-0.05, 0) is 54.8 Å². The Balaban J connectivity index is 1.37. The Morgan fingerprint density at radius 3 is 2.67 bits per heavy atom. The summed E-state index contributed by atoms with van der Waals surface area (Å²) >= 11 is 12.1. The molecule has 4 rings (SSSR count). The minimum absolute atomic E-state index is 0.0708. The van der Waals surface area contributed by atoms with E-state index in [0.717, 1.165) is 48.9 Å². The van der Waals surface area contributed by atoms with Crippen molar-refractivity contribution in [3.05, 3.63) is 69.8 Å². The number of methoxy groups -OCH3 is 1. The Hall–Kier alpha value is -2.34. The predicted molar refractivity (Wildman–Crippen MR) is 121 cm³/mol. The number of likely N-dealkylation sites (tertiary alicyclic amines) is 1. The Labute approximate surface area is 185 Å². The molecule has 0 spiro atoms. The molecule has 156 valence electrons. The second-order valence-electron chi connectivity index (χ2n) is 7.51. The number of ether oxygens (including phenoxy) is 1. The molecular formula is C23H23Cl2N3O2. The quantitative estimate of drug-likeness (QED) is 0.606. The molecule has 2 heterocycles. The molecule has 0 unspecified atom stereocenters. The Bertz CT molecular complexity index is 1070. The number of fused-ring (bicyclic) bond motifs is 1. The minimum atomic E-state index is -0.0708. The van der Waals surface area contributed by atoms with Gasteiger partial charge in [-0.25, -0.2) is 0 Å². The first-order chi connectivity index (χ1) is 14.5. The van der Waals surface area contributed by atoms with Crippen molar-refractivity contribution < 1.29 is 9.53 Å². The number of rotatable bonds is 5. The monoisotopic (exact) mass is 443 g/mol. The second kappa shape index (κ2) is 9.21. The third-order valence-corrected chi connectivity index (χ3v) is 6.25. The molecule has 7 heteroatoms. The van der Waals surface area contributed by atoms with E-state index >= 15 is 0 Å². The number of hydrogen-bond donors (Lipinski definition) is 1. The molecule has 5 nitrogen and oxygen atoms in total. The molecule has 0 radical (unpaired) electrons. The van der Waals surface area contributed by atoms with Crippen molar-refractivity contribution in [2.45, 2.75) is 25.4 Å². The van der Waals surface area contributed by atoms with Crippen molar-refractivity contribution in [3.63, 3.8) is 0 Å².